The van der Waals surface area contributed by atoms with Crippen molar-refractivity contribution in [3.05, 3.63) is 58.1 Å². The van der Waals surface area contributed by atoms with Crippen LogP contribution in [0.25, 0.3) is 0 Å². The molecule has 7 nitrogen and oxygen atoms in total. The van der Waals surface area contributed by atoms with Gasteiger partial charge in [0.05, 0.1) is 0 Å². The van der Waals surface area contributed by atoms with Crippen LogP contribution in [0.5, 0.6) is 11.5 Å². The van der Waals surface area contributed by atoms with Crippen LogP contribution in [0.15, 0.2) is 46.9 Å². The van der Waals surface area contributed by atoms with E-state index in [1.807, 2.05) is 25.1 Å². The Balaban J connectivity index is 1.71. The fourth-order valence-electron chi connectivity index (χ4n) is 2.42. The maximum atomic E-state index is 12.0. The van der Waals surface area contributed by atoms with E-state index in [9.17, 15) is 9.59 Å². The van der Waals surface area contributed by atoms with Gasteiger partial charge in [-0.2, -0.15) is 0 Å². The van der Waals surface area contributed by atoms with Crippen LogP contribution in [0.3, 0.4) is 0 Å². The molecule has 3 N–H and O–H groups in total. The van der Waals surface area contributed by atoms with Crippen LogP contribution in [0.2, 0.25) is 0 Å². The average molecular weight is 494 g/mol. The molecule has 2 rings (SSSR count). The number of benzene rings is 2. The zero-order chi connectivity index (χ0) is 22.1. The van der Waals surface area contributed by atoms with Crippen molar-refractivity contribution in [1.82, 2.24) is 16.2 Å². The molecule has 160 valence electrons. The summed E-state index contributed by atoms with van der Waals surface area (Å²) in [7, 11) is 0. The Kier molecular flexibility index (Phi) is 9.07. The summed E-state index contributed by atoms with van der Waals surface area (Å²) in [5, 5.41) is 2.36. The lowest BCUT2D eigenvalue weighted by atomic mass is 10.0. The Morgan fingerprint density at radius 1 is 1.00 bits per heavy atom. The van der Waals surface area contributed by atoms with Gasteiger partial charge in [0.15, 0.2) is 18.3 Å². The Labute approximate surface area is 189 Å². The van der Waals surface area contributed by atoms with Gasteiger partial charge in [-0.3, -0.25) is 25.8 Å². The highest BCUT2D eigenvalue weighted by molar-refractivity contribution is 9.10. The number of nitrogens with one attached hydrogen (secondary N) is 3. The summed E-state index contributed by atoms with van der Waals surface area (Å²) in [6.45, 7) is 5.66. The lowest BCUT2D eigenvalue weighted by Gasteiger charge is -2.15. The van der Waals surface area contributed by atoms with Gasteiger partial charge in [-0.25, -0.2) is 0 Å². The first-order valence-corrected chi connectivity index (χ1v) is 10.4. The van der Waals surface area contributed by atoms with Gasteiger partial charge in [0.2, 0.25) is 0 Å². The number of hydrogen-bond acceptors (Lipinski definition) is 5. The van der Waals surface area contributed by atoms with Crippen molar-refractivity contribution in [2.75, 3.05) is 13.2 Å². The third-order valence-corrected chi connectivity index (χ3v) is 4.63. The van der Waals surface area contributed by atoms with Crippen molar-refractivity contribution in [2.24, 2.45) is 0 Å². The SMILES string of the molecule is Cc1ccc(C(C)C)c(OCC(=O)NNC(=S)NC(=O)COc2ccc(Br)cc2)c1. The van der Waals surface area contributed by atoms with E-state index < -0.39 is 11.8 Å². The molecule has 0 bridgehead atoms. The van der Waals surface area contributed by atoms with Crippen LogP contribution in [0.4, 0.5) is 0 Å². The Morgan fingerprint density at radius 2 is 1.67 bits per heavy atom. The lowest BCUT2D eigenvalue weighted by molar-refractivity contribution is -0.124. The molecule has 0 atom stereocenters. The molecule has 0 aliphatic heterocycles. The minimum atomic E-state index is -0.456. The van der Waals surface area contributed by atoms with E-state index in [1.54, 1.807) is 24.3 Å². The van der Waals surface area contributed by atoms with Crippen LogP contribution >= 0.6 is 28.1 Å². The van der Waals surface area contributed by atoms with Gasteiger partial charge in [0.25, 0.3) is 11.8 Å². The highest BCUT2D eigenvalue weighted by atomic mass is 79.9. The molecule has 0 spiro atoms. The number of carbonyl (C=O) groups excluding carboxylic acids is 2. The van der Waals surface area contributed by atoms with E-state index in [0.717, 1.165) is 15.6 Å². The molecule has 30 heavy (non-hydrogen) atoms. The van der Waals surface area contributed by atoms with Crippen molar-refractivity contribution in [3.8, 4) is 11.5 Å². The van der Waals surface area contributed by atoms with Crippen molar-refractivity contribution < 1.29 is 19.1 Å². The molecule has 0 fully saturated rings. The van der Waals surface area contributed by atoms with Gasteiger partial charge < -0.3 is 9.47 Å². The van der Waals surface area contributed by atoms with Gasteiger partial charge in [-0.1, -0.05) is 41.9 Å². The summed E-state index contributed by atoms with van der Waals surface area (Å²) in [4.78, 5) is 23.9. The van der Waals surface area contributed by atoms with E-state index in [0.29, 0.717) is 11.5 Å². The standard InChI is InChI=1S/C21H24BrN3O4S/c1-13(2)17-9-4-14(3)10-18(17)29-12-20(27)24-25-21(30)23-19(26)11-28-16-7-5-15(22)6-8-16/h4-10,13H,11-12H2,1-3H3,(H,24,27)(H2,23,25,26,30). The number of hydrogen-bond donors (Lipinski definition) is 3. The van der Waals surface area contributed by atoms with Gasteiger partial charge in [-0.05, 0) is 66.5 Å². The van der Waals surface area contributed by atoms with E-state index in [4.69, 9.17) is 21.7 Å². The van der Waals surface area contributed by atoms with Crippen LogP contribution < -0.4 is 25.6 Å². The monoisotopic (exact) mass is 493 g/mol. The molecule has 0 saturated carbocycles. The third kappa shape index (κ3) is 8.00. The average Bonchev–Trinajstić information content (AvgIpc) is 2.70. The summed E-state index contributed by atoms with van der Waals surface area (Å²) in [6, 6.07) is 13.0. The molecular weight excluding hydrogens is 470 g/mol. The highest BCUT2D eigenvalue weighted by Gasteiger charge is 2.11. The van der Waals surface area contributed by atoms with Crippen molar-refractivity contribution in [2.45, 2.75) is 26.7 Å². The zero-order valence-corrected chi connectivity index (χ0v) is 19.4. The molecule has 0 aliphatic rings. The molecule has 2 amide bonds. The van der Waals surface area contributed by atoms with Gasteiger partial charge in [0, 0.05) is 4.47 Å². The topological polar surface area (TPSA) is 88.7 Å². The number of thiocarbonyl (C=S) groups is 1. The Morgan fingerprint density at radius 3 is 2.33 bits per heavy atom. The number of ether oxygens (including phenoxy) is 2. The van der Waals surface area contributed by atoms with Gasteiger partial charge >= 0.3 is 0 Å². The van der Waals surface area contributed by atoms with E-state index in [-0.39, 0.29) is 24.2 Å². The summed E-state index contributed by atoms with van der Waals surface area (Å²) in [5.41, 5.74) is 6.91. The fourth-order valence-corrected chi connectivity index (χ4v) is 2.85. The fraction of sp³-hybridized carbons (Fsp3) is 0.286. The summed E-state index contributed by atoms with van der Waals surface area (Å²) in [6.07, 6.45) is 0. The number of rotatable bonds is 7. The Bertz CT molecular complexity index is 904. The van der Waals surface area contributed by atoms with E-state index in [1.165, 1.54) is 0 Å². The molecule has 0 saturated heterocycles. The van der Waals surface area contributed by atoms with Crippen molar-refractivity contribution in [3.63, 3.8) is 0 Å². The second-order valence-corrected chi connectivity index (χ2v) is 8.10. The summed E-state index contributed by atoms with van der Waals surface area (Å²) < 4.78 is 11.9. The first kappa shape index (κ1) is 23.6. The zero-order valence-electron chi connectivity index (χ0n) is 17.0. The summed E-state index contributed by atoms with van der Waals surface area (Å²) >= 11 is 8.31. The second-order valence-electron chi connectivity index (χ2n) is 6.78. The molecule has 0 aromatic heterocycles. The molecule has 2 aromatic rings. The van der Waals surface area contributed by atoms with Crippen molar-refractivity contribution >= 4 is 45.1 Å². The van der Waals surface area contributed by atoms with Crippen LogP contribution in [-0.4, -0.2) is 30.1 Å². The predicted octanol–water partition coefficient (Wildman–Crippen LogP) is 3.36. The summed E-state index contributed by atoms with van der Waals surface area (Å²) in [5.74, 6) is 0.594. The van der Waals surface area contributed by atoms with Gasteiger partial charge in [-0.15, -0.1) is 0 Å². The minimum absolute atomic E-state index is 0.0498. The van der Waals surface area contributed by atoms with Crippen LogP contribution in [0, 0.1) is 6.92 Å². The number of amides is 2. The van der Waals surface area contributed by atoms with E-state index in [2.05, 4.69) is 45.9 Å². The highest BCUT2D eigenvalue weighted by Crippen LogP contribution is 2.27. The third-order valence-electron chi connectivity index (χ3n) is 3.90. The maximum absolute atomic E-state index is 12.0. The predicted molar refractivity (Wildman–Crippen MR) is 122 cm³/mol. The number of hydrazine groups is 1. The van der Waals surface area contributed by atoms with E-state index >= 15 is 0 Å². The molecule has 0 unspecified atom stereocenters. The molecule has 9 heteroatoms. The number of halogens is 1. The second kappa shape index (κ2) is 11.5. The minimum Gasteiger partial charge on any atom is -0.484 e. The lowest BCUT2D eigenvalue weighted by Crippen LogP contribution is -2.50. The maximum Gasteiger partial charge on any atom is 0.276 e. The first-order valence-electron chi connectivity index (χ1n) is 9.25. The quantitative estimate of drug-likeness (QED) is 0.404. The molecule has 2 aromatic carbocycles. The molecule has 0 radical (unpaired) electrons. The normalized spacial score (nSPS) is 10.3. The van der Waals surface area contributed by atoms with Crippen LogP contribution in [0.1, 0.15) is 30.9 Å². The smallest absolute Gasteiger partial charge is 0.276 e. The first-order chi connectivity index (χ1) is 14.2. The number of aryl methyl sites for hydroxylation is 1. The van der Waals surface area contributed by atoms with Gasteiger partial charge in [0.1, 0.15) is 11.5 Å². The molecule has 0 aliphatic carbocycles. The van der Waals surface area contributed by atoms with Crippen LogP contribution in [-0.2, 0) is 9.59 Å². The number of carbonyl (C=O) groups is 2. The molecular formula is C21H24BrN3O4S. The molecule has 0 heterocycles. The Hall–Kier alpha value is -2.65. The van der Waals surface area contributed by atoms with Crippen molar-refractivity contribution in [1.29, 1.82) is 0 Å². The largest absolute Gasteiger partial charge is 0.484 e.